The first kappa shape index (κ1) is 25.6. The number of halogens is 1. The zero-order valence-corrected chi connectivity index (χ0v) is 21.7. The van der Waals surface area contributed by atoms with Crippen LogP contribution in [0.25, 0.3) is 10.6 Å². The number of carbonyl (C=O) groups is 2. The van der Waals surface area contributed by atoms with E-state index in [0.29, 0.717) is 35.1 Å². The number of hydrogen-bond acceptors (Lipinski definition) is 8. The molecule has 11 heteroatoms. The van der Waals surface area contributed by atoms with Crippen LogP contribution in [0.4, 0.5) is 5.95 Å². The molecule has 0 spiro atoms. The van der Waals surface area contributed by atoms with Crippen LogP contribution in [0.1, 0.15) is 39.7 Å². The van der Waals surface area contributed by atoms with Crippen molar-refractivity contribution in [2.45, 2.75) is 31.3 Å². The monoisotopic (exact) mass is 541 g/mol. The van der Waals surface area contributed by atoms with E-state index in [1.54, 1.807) is 46.7 Å². The molecule has 4 heterocycles. The third kappa shape index (κ3) is 6.10. The van der Waals surface area contributed by atoms with Crippen molar-refractivity contribution in [2.24, 2.45) is 0 Å². The molecule has 0 saturated carbocycles. The number of amides is 2. The Morgan fingerprint density at radius 2 is 2.11 bits per heavy atom. The summed E-state index contributed by atoms with van der Waals surface area (Å²) in [6.07, 6.45) is 4.21. The molecule has 37 heavy (non-hydrogen) atoms. The Hall–Kier alpha value is -3.05. The van der Waals surface area contributed by atoms with Gasteiger partial charge in [-0.25, -0.2) is 9.97 Å². The summed E-state index contributed by atoms with van der Waals surface area (Å²) in [5.74, 6) is 0.0428. The molecule has 5 rings (SSSR count). The number of nitrogens with one attached hydrogen (secondary N) is 2. The molecule has 0 bridgehead atoms. The van der Waals surface area contributed by atoms with Crippen molar-refractivity contribution in [3.05, 3.63) is 63.6 Å². The number of benzene rings is 1. The summed E-state index contributed by atoms with van der Waals surface area (Å²) in [6, 6.07) is 10.4. The van der Waals surface area contributed by atoms with Gasteiger partial charge in [-0.3, -0.25) is 9.59 Å². The first-order valence-corrected chi connectivity index (χ1v) is 13.4. The summed E-state index contributed by atoms with van der Waals surface area (Å²) < 4.78 is 5.41. The number of nitrogens with zero attached hydrogens (tertiary/aromatic N) is 3. The van der Waals surface area contributed by atoms with Crippen LogP contribution in [0.3, 0.4) is 0 Å². The molecule has 3 N–H and O–H groups in total. The van der Waals surface area contributed by atoms with Crippen LogP contribution in [-0.2, 0) is 16.0 Å². The Bertz CT molecular complexity index is 1280. The molecule has 1 aromatic carbocycles. The number of aliphatic hydroxyl groups is 1. The Balaban J connectivity index is 1.24. The second-order valence-corrected chi connectivity index (χ2v) is 10.7. The summed E-state index contributed by atoms with van der Waals surface area (Å²) in [6.45, 7) is 1.54. The molecule has 2 aromatic heterocycles. The number of carbonyl (C=O) groups excluding carboxylic acids is 2. The van der Waals surface area contributed by atoms with Crippen molar-refractivity contribution < 1.29 is 19.4 Å². The molecule has 1 atom stereocenters. The van der Waals surface area contributed by atoms with Crippen molar-refractivity contribution in [3.8, 4) is 10.6 Å². The number of ether oxygens (including phenoxy) is 1. The van der Waals surface area contributed by atoms with Gasteiger partial charge in [0.15, 0.2) is 0 Å². The van der Waals surface area contributed by atoms with Crippen LogP contribution in [-0.4, -0.2) is 70.7 Å². The molecule has 9 nitrogen and oxygen atoms in total. The highest BCUT2D eigenvalue weighted by Crippen LogP contribution is 2.34. The number of aromatic nitrogens is 2. The van der Waals surface area contributed by atoms with E-state index >= 15 is 0 Å². The van der Waals surface area contributed by atoms with Crippen LogP contribution in [0.15, 0.2) is 42.6 Å². The van der Waals surface area contributed by atoms with E-state index in [0.717, 1.165) is 41.5 Å². The van der Waals surface area contributed by atoms with Crippen LogP contribution in [0.2, 0.25) is 5.02 Å². The van der Waals surface area contributed by atoms with E-state index in [2.05, 4.69) is 20.6 Å². The van der Waals surface area contributed by atoms with Crippen molar-refractivity contribution in [1.29, 1.82) is 0 Å². The molecular formula is C26H28ClN5O4S. The Morgan fingerprint density at radius 1 is 1.27 bits per heavy atom. The van der Waals surface area contributed by atoms with Crippen LogP contribution in [0, 0.1) is 0 Å². The third-order valence-electron chi connectivity index (χ3n) is 6.50. The van der Waals surface area contributed by atoms with E-state index in [4.69, 9.17) is 16.3 Å². The lowest BCUT2D eigenvalue weighted by atomic mass is 10.1. The molecule has 3 aromatic rings. The summed E-state index contributed by atoms with van der Waals surface area (Å²) >= 11 is 7.59. The Kier molecular flexibility index (Phi) is 7.99. The van der Waals surface area contributed by atoms with Gasteiger partial charge >= 0.3 is 0 Å². The maximum absolute atomic E-state index is 13.2. The summed E-state index contributed by atoms with van der Waals surface area (Å²) in [5, 5.41) is 16.5. The Morgan fingerprint density at radius 3 is 2.89 bits per heavy atom. The van der Waals surface area contributed by atoms with Crippen LogP contribution in [0.5, 0.6) is 0 Å². The smallest absolute Gasteiger partial charge is 0.255 e. The summed E-state index contributed by atoms with van der Waals surface area (Å²) in [7, 11) is 0. The third-order valence-corrected chi connectivity index (χ3v) is 7.95. The second-order valence-electron chi connectivity index (χ2n) is 9.08. The number of fused-ring (bicyclic) bond motifs is 1. The fourth-order valence-electron chi connectivity index (χ4n) is 4.54. The van der Waals surface area contributed by atoms with Gasteiger partial charge in [0, 0.05) is 48.3 Å². The van der Waals surface area contributed by atoms with Crippen LogP contribution >= 0.6 is 22.9 Å². The van der Waals surface area contributed by atoms with Gasteiger partial charge in [0.05, 0.1) is 35.3 Å². The van der Waals surface area contributed by atoms with E-state index in [1.807, 2.05) is 12.1 Å². The molecule has 2 aliphatic rings. The topological polar surface area (TPSA) is 117 Å². The first-order chi connectivity index (χ1) is 18.0. The zero-order valence-electron chi connectivity index (χ0n) is 20.2. The predicted octanol–water partition coefficient (Wildman–Crippen LogP) is 3.30. The number of anilines is 1. The molecule has 0 aliphatic carbocycles. The minimum absolute atomic E-state index is 0.0901. The number of rotatable bonds is 8. The maximum atomic E-state index is 13.2. The highest BCUT2D eigenvalue weighted by Gasteiger charge is 2.29. The van der Waals surface area contributed by atoms with Gasteiger partial charge in [0.2, 0.25) is 11.9 Å². The normalized spacial score (nSPS) is 16.8. The van der Waals surface area contributed by atoms with E-state index in [1.165, 1.54) is 0 Å². The average molecular weight is 542 g/mol. The quantitative estimate of drug-likeness (QED) is 0.400. The lowest BCUT2D eigenvalue weighted by Crippen LogP contribution is -2.45. The maximum Gasteiger partial charge on any atom is 0.255 e. The highest BCUT2D eigenvalue weighted by molar-refractivity contribution is 7.15. The fraction of sp³-hybridized carbons (Fsp3) is 0.385. The van der Waals surface area contributed by atoms with Crippen molar-refractivity contribution >= 4 is 40.7 Å². The van der Waals surface area contributed by atoms with Crippen molar-refractivity contribution in [2.75, 3.05) is 38.2 Å². The predicted molar refractivity (Wildman–Crippen MR) is 142 cm³/mol. The fourth-order valence-corrected chi connectivity index (χ4v) is 5.85. The first-order valence-electron chi connectivity index (χ1n) is 12.3. The molecule has 194 valence electrons. The molecule has 2 aliphatic heterocycles. The SMILES string of the molecule is O=C(CN1CCc2sc(-c3ccnc(NC4CCOCC4)n3)cc2C1=O)NC(CO)c1cccc(Cl)c1. The van der Waals surface area contributed by atoms with Crippen LogP contribution < -0.4 is 10.6 Å². The molecule has 1 fully saturated rings. The minimum Gasteiger partial charge on any atom is -0.394 e. The van der Waals surface area contributed by atoms with Gasteiger partial charge in [-0.15, -0.1) is 11.3 Å². The lowest BCUT2D eigenvalue weighted by molar-refractivity contribution is -0.122. The largest absolute Gasteiger partial charge is 0.394 e. The van der Waals surface area contributed by atoms with Gasteiger partial charge in [-0.05, 0) is 42.7 Å². The summed E-state index contributed by atoms with van der Waals surface area (Å²) in [4.78, 5) is 38.4. The summed E-state index contributed by atoms with van der Waals surface area (Å²) in [5.41, 5.74) is 2.06. The zero-order chi connectivity index (χ0) is 25.8. The number of thiophene rings is 1. The van der Waals surface area contributed by atoms with Crippen molar-refractivity contribution in [3.63, 3.8) is 0 Å². The van der Waals surface area contributed by atoms with E-state index in [-0.39, 0.29) is 31.0 Å². The highest BCUT2D eigenvalue weighted by atomic mass is 35.5. The molecule has 1 unspecified atom stereocenters. The van der Waals surface area contributed by atoms with Gasteiger partial charge in [-0.1, -0.05) is 23.7 Å². The van der Waals surface area contributed by atoms with Gasteiger partial charge in [-0.2, -0.15) is 0 Å². The molecule has 1 saturated heterocycles. The second kappa shape index (κ2) is 11.6. The van der Waals surface area contributed by atoms with E-state index in [9.17, 15) is 14.7 Å². The molecular weight excluding hydrogens is 514 g/mol. The Labute approximate surface area is 223 Å². The van der Waals surface area contributed by atoms with Crippen molar-refractivity contribution in [1.82, 2.24) is 20.2 Å². The average Bonchev–Trinajstić information content (AvgIpc) is 3.35. The number of aliphatic hydroxyl groups excluding tert-OH is 1. The van der Waals surface area contributed by atoms with E-state index < -0.39 is 6.04 Å². The number of hydrogen-bond donors (Lipinski definition) is 3. The van der Waals surface area contributed by atoms with Gasteiger partial charge < -0.3 is 25.4 Å². The lowest BCUT2D eigenvalue weighted by Gasteiger charge is -2.27. The van der Waals surface area contributed by atoms with Gasteiger partial charge in [0.25, 0.3) is 5.91 Å². The standard InChI is InChI=1S/C26H28ClN5O4S/c27-17-3-1-2-16(12-17)21(15-33)30-24(34)14-32-9-5-22-19(25(32)35)13-23(37-22)20-4-8-28-26(31-20)29-18-6-10-36-11-7-18/h1-4,8,12-13,18,21,33H,5-7,9-11,14-15H2,(H,30,34)(H,28,29,31). The van der Waals surface area contributed by atoms with Gasteiger partial charge in [0.1, 0.15) is 0 Å². The molecule has 2 amide bonds. The minimum atomic E-state index is -0.601. The molecule has 0 radical (unpaired) electrons.